The Labute approximate surface area is 394 Å². The van der Waals surface area contributed by atoms with E-state index in [-0.39, 0.29) is 79.4 Å². The molecule has 4 aliphatic heterocycles. The zero-order valence-corrected chi connectivity index (χ0v) is 40.9. The molecule has 6 rings (SSSR count). The fourth-order valence-corrected chi connectivity index (χ4v) is 9.95. The molecule has 0 fully saturated rings. The van der Waals surface area contributed by atoms with Crippen molar-refractivity contribution in [2.45, 2.75) is 175 Å². The van der Waals surface area contributed by atoms with E-state index in [0.29, 0.717) is 48.1 Å². The molecule has 4 heterocycles. The number of carboxylic acid groups (broad SMARTS) is 1. The van der Waals surface area contributed by atoms with Crippen molar-refractivity contribution >= 4 is 28.2 Å². The lowest BCUT2D eigenvalue weighted by Crippen LogP contribution is -2.49. The molecule has 0 aliphatic carbocycles. The zero-order chi connectivity index (χ0) is 49.2. The molecule has 2 amide bonds. The first-order valence-corrected chi connectivity index (χ1v) is 24.7. The summed E-state index contributed by atoms with van der Waals surface area (Å²) in [4.78, 5) is 43.6. The average molecular weight is 949 g/mol. The van der Waals surface area contributed by atoms with E-state index < -0.39 is 57.5 Å². The van der Waals surface area contributed by atoms with Gasteiger partial charge in [-0.05, 0) is 132 Å². The number of aliphatic hydroxyl groups excluding tert-OH is 2. The first kappa shape index (κ1) is 51.2. The maximum absolute atomic E-state index is 14.1. The van der Waals surface area contributed by atoms with Gasteiger partial charge in [0.25, 0.3) is 11.8 Å². The van der Waals surface area contributed by atoms with Gasteiger partial charge < -0.3 is 43.9 Å². The molecule has 0 saturated carbocycles. The van der Waals surface area contributed by atoms with Crippen LogP contribution in [0.4, 0.5) is 0 Å². The summed E-state index contributed by atoms with van der Waals surface area (Å²) in [6.45, 7) is 15.9. The van der Waals surface area contributed by atoms with Crippen LogP contribution >= 0.6 is 0 Å². The smallest absolute Gasteiger partial charge is 0.446 e. The van der Waals surface area contributed by atoms with Gasteiger partial charge in [-0.25, -0.2) is 4.79 Å². The van der Waals surface area contributed by atoms with E-state index in [2.05, 4.69) is 45.1 Å². The van der Waals surface area contributed by atoms with Crippen LogP contribution < -0.4 is 13.7 Å². The predicted molar refractivity (Wildman–Crippen MR) is 253 cm³/mol. The van der Waals surface area contributed by atoms with Crippen LogP contribution in [-0.4, -0.2) is 97.0 Å². The number of aliphatic hydroxyl groups is 2. The predicted octanol–water partition coefficient (Wildman–Crippen LogP) is 8.47. The van der Waals surface area contributed by atoms with E-state index in [4.69, 9.17) is 13.7 Å². The number of nitrogens with zero attached hydrogens (tertiary/aromatic N) is 2. The molecule has 0 unspecified atom stereocenters. The quantitative estimate of drug-likeness (QED) is 0.0622. The van der Waals surface area contributed by atoms with E-state index in [1.807, 2.05) is 27.7 Å². The van der Waals surface area contributed by atoms with Crippen LogP contribution in [-0.2, 0) is 41.1 Å². The molecule has 0 aromatic heterocycles. The summed E-state index contributed by atoms with van der Waals surface area (Å²) < 4.78 is 51.6. The molecule has 16 heteroatoms. The van der Waals surface area contributed by atoms with Crippen molar-refractivity contribution in [3.8, 4) is 23.0 Å². The van der Waals surface area contributed by atoms with E-state index in [1.165, 1.54) is 28.4 Å². The molecule has 366 valence electrons. The summed E-state index contributed by atoms with van der Waals surface area (Å²) in [5, 5.41) is 44.2. The van der Waals surface area contributed by atoms with Gasteiger partial charge in [-0.1, -0.05) is 46.6 Å². The molecule has 5 atom stereocenters. The lowest BCUT2D eigenvalue weighted by molar-refractivity contribution is -0.142. The average Bonchev–Trinajstić information content (AvgIpc) is 3.71. The van der Waals surface area contributed by atoms with Crippen molar-refractivity contribution in [3.05, 3.63) is 92.1 Å². The van der Waals surface area contributed by atoms with Crippen LogP contribution in [0, 0.1) is 0 Å². The van der Waals surface area contributed by atoms with E-state index in [0.717, 1.165) is 36.6 Å². The summed E-state index contributed by atoms with van der Waals surface area (Å²) in [5.41, 5.74) is 4.37. The molecule has 0 bridgehead atoms. The lowest BCUT2D eigenvalue weighted by Gasteiger charge is -2.41. The summed E-state index contributed by atoms with van der Waals surface area (Å²) >= 11 is 0. The number of hydrogen-bond donors (Lipinski definition) is 5. The second kappa shape index (κ2) is 20.6. The third kappa shape index (κ3) is 11.8. The van der Waals surface area contributed by atoms with Crippen molar-refractivity contribution < 1.29 is 61.4 Å². The van der Waals surface area contributed by atoms with Gasteiger partial charge in [-0.2, -0.15) is 8.42 Å². The van der Waals surface area contributed by atoms with Crippen molar-refractivity contribution in [3.63, 3.8) is 0 Å². The van der Waals surface area contributed by atoms with E-state index >= 15 is 0 Å². The third-order valence-electron chi connectivity index (χ3n) is 13.7. The van der Waals surface area contributed by atoms with Crippen molar-refractivity contribution in [2.24, 2.45) is 0 Å². The van der Waals surface area contributed by atoms with Gasteiger partial charge in [-0.15, -0.1) is 0 Å². The minimum atomic E-state index is -5.08. The Morgan fingerprint density at radius 2 is 1.28 bits per heavy atom. The Kier molecular flexibility index (Phi) is 15.8. The fraction of sp³-hybridized carbons (Fsp3) is 0.549. The van der Waals surface area contributed by atoms with Gasteiger partial charge in [0.1, 0.15) is 34.5 Å². The van der Waals surface area contributed by atoms with Gasteiger partial charge >= 0.3 is 16.4 Å². The molecule has 2 aromatic carbocycles. The number of benzene rings is 2. The molecular formula is C51H68N2O13S. The first-order chi connectivity index (χ1) is 31.4. The molecule has 67 heavy (non-hydrogen) atoms. The highest BCUT2D eigenvalue weighted by molar-refractivity contribution is 7.81. The Balaban J connectivity index is 1.16. The van der Waals surface area contributed by atoms with E-state index in [1.54, 1.807) is 11.8 Å². The van der Waals surface area contributed by atoms with Gasteiger partial charge in [0.2, 0.25) is 0 Å². The summed E-state index contributed by atoms with van der Waals surface area (Å²) in [5.74, 6) is -2.48. The van der Waals surface area contributed by atoms with Crippen LogP contribution in [0.1, 0.15) is 163 Å². The van der Waals surface area contributed by atoms with Crippen LogP contribution in [0.25, 0.3) is 0 Å². The van der Waals surface area contributed by atoms with Crippen LogP contribution in [0.3, 0.4) is 0 Å². The molecule has 0 spiro atoms. The molecule has 0 radical (unpaired) electrons. The zero-order valence-electron chi connectivity index (χ0n) is 40.1. The van der Waals surface area contributed by atoms with Crippen LogP contribution in [0.5, 0.6) is 23.0 Å². The Hall–Kier alpha value is -5.16. The number of phenols is 1. The monoisotopic (exact) mass is 948 g/mol. The molecule has 5 N–H and O–H groups in total. The topological polar surface area (TPSA) is 221 Å². The number of phenolic OH excluding ortho intramolecular Hbond substituents is 1. The van der Waals surface area contributed by atoms with Crippen molar-refractivity contribution in [1.29, 1.82) is 0 Å². The second-order valence-corrected chi connectivity index (χ2v) is 20.7. The largest absolute Gasteiger partial charge is 0.508 e. The number of carboxylic acids is 1. The third-order valence-corrected chi connectivity index (χ3v) is 14.1. The molecule has 2 aromatic rings. The Bertz CT molecular complexity index is 2500. The molecule has 0 saturated heterocycles. The minimum absolute atomic E-state index is 0.0603. The fourth-order valence-electron chi connectivity index (χ4n) is 9.57. The van der Waals surface area contributed by atoms with Gasteiger partial charge in [0, 0.05) is 41.6 Å². The molecule has 4 aliphatic rings. The molecular weight excluding hydrogens is 881 g/mol. The number of hydrogen-bond acceptors (Lipinski definition) is 11. The Morgan fingerprint density at radius 1 is 0.776 bits per heavy atom. The number of ether oxygens (including phenoxy) is 2. The number of carbonyl (C=O) groups is 3. The highest BCUT2D eigenvalue weighted by Crippen LogP contribution is 2.49. The summed E-state index contributed by atoms with van der Waals surface area (Å²) in [6, 6.07) is 1.16. The maximum Gasteiger partial charge on any atom is 0.446 e. The lowest BCUT2D eigenvalue weighted by atomic mass is 9.84. The number of aliphatic carboxylic acids is 1. The van der Waals surface area contributed by atoms with Crippen LogP contribution in [0.2, 0.25) is 0 Å². The minimum Gasteiger partial charge on any atom is -0.508 e. The SMILES string of the molecule is CC(C)=CCC/C(C)=C/CC[C@@]1(C)Oc2c(c(O)cc3c2CN(CCC[C@@H](C(=O)O)N2Cc4c(cc(OS(=O)(=O)O)c5c4O[C@](C)(CC/C=C(\C)CCC=C(C)C)[C@@H](O)C5)C2=O)C3=O)C[C@@H]1O. The van der Waals surface area contributed by atoms with Crippen molar-refractivity contribution in [2.75, 3.05) is 6.54 Å². The Morgan fingerprint density at radius 3 is 1.81 bits per heavy atom. The molecule has 15 nitrogen and oxygen atoms in total. The van der Waals surface area contributed by atoms with Crippen molar-refractivity contribution in [1.82, 2.24) is 9.80 Å². The number of rotatable bonds is 20. The van der Waals surface area contributed by atoms with Gasteiger partial charge in [0.05, 0.1) is 36.4 Å². The second-order valence-electron chi connectivity index (χ2n) is 19.7. The van der Waals surface area contributed by atoms with Gasteiger partial charge in [0.15, 0.2) is 5.75 Å². The van der Waals surface area contributed by atoms with Crippen LogP contribution in [0.15, 0.2) is 58.7 Å². The standard InChI is InChI=1S/C51H68N2O13S/c1-30(2)14-9-16-32(5)18-11-21-50(7)43(55)26-36-41(54)24-34-38(45(36)64-50)28-52(47(34)57)23-13-20-40(49(59)60)53-29-39-35(48(53)58)25-42(66-67(61,62)63)37-27-44(56)51(8,65-46(37)39)22-12-19-33(6)17-10-15-31(3)4/h14-15,18-19,24-25,40,43-44,54-56H,9-13,16-17,20-23,26-29H2,1-8H3,(H,59,60)(H,61,62,63)/b32-18+,33-19+/t40-,43-,44-,50+,51+/m0/s1. The number of amides is 2. The number of fused-ring (bicyclic) bond motifs is 6. The number of aromatic hydroxyl groups is 1. The summed E-state index contributed by atoms with van der Waals surface area (Å²) in [7, 11) is -5.08. The van der Waals surface area contributed by atoms with Gasteiger partial charge in [-0.3, -0.25) is 14.1 Å². The maximum atomic E-state index is 14.1. The highest BCUT2D eigenvalue weighted by Gasteiger charge is 2.47. The normalized spacial score (nSPS) is 22.9. The van der Waals surface area contributed by atoms with E-state index in [9.17, 15) is 47.8 Å². The number of carbonyl (C=O) groups excluding carboxylic acids is 2. The number of allylic oxidation sites excluding steroid dienone is 8. The first-order valence-electron chi connectivity index (χ1n) is 23.3. The summed E-state index contributed by atoms with van der Waals surface area (Å²) in [6.07, 6.45) is 12.4. The highest BCUT2D eigenvalue weighted by atomic mass is 32.3.